The van der Waals surface area contributed by atoms with Gasteiger partial charge in [0.2, 0.25) is 0 Å². The number of epoxide rings is 1. The monoisotopic (exact) mass is 436 g/mol. The van der Waals surface area contributed by atoms with Gasteiger partial charge in [-0.2, -0.15) is 0 Å². The second-order valence-electron chi connectivity index (χ2n) is 7.51. The van der Waals surface area contributed by atoms with Crippen LogP contribution in [0.15, 0.2) is 72.8 Å². The van der Waals surface area contributed by atoms with Gasteiger partial charge >= 0.3 is 11.9 Å². The molecule has 1 fully saturated rings. The fourth-order valence-electron chi connectivity index (χ4n) is 3.59. The standard InChI is InChI=1S/C26H28O6/c1-29-21-15-13-19(14-16-21)9-7-17-26(24(27)30-2,25(28)31-3)18-8-12-22-23(32-22)20-10-5-4-6-11-20/h4-16,22-23H,17-18H2,1-3H3/b9-7+,12-8-/t22-,23-/m1/s1. The first kappa shape index (κ1) is 23.3. The van der Waals surface area contributed by atoms with Crippen LogP contribution < -0.4 is 4.74 Å². The third-order valence-corrected chi connectivity index (χ3v) is 5.49. The summed E-state index contributed by atoms with van der Waals surface area (Å²) < 4.78 is 20.8. The maximum atomic E-state index is 12.7. The molecule has 1 aliphatic heterocycles. The molecule has 6 heteroatoms. The minimum absolute atomic E-state index is 0.00642. The molecule has 1 heterocycles. The number of carbonyl (C=O) groups excluding carboxylic acids is 2. The summed E-state index contributed by atoms with van der Waals surface area (Å²) in [4.78, 5) is 25.4. The van der Waals surface area contributed by atoms with Gasteiger partial charge in [0.25, 0.3) is 0 Å². The SMILES string of the molecule is COC(=O)C(C/C=C\[C@H]1O[C@@H]1c1ccccc1)(C/C=C/c1ccc(OC)cc1)C(=O)OC. The van der Waals surface area contributed by atoms with Crippen molar-refractivity contribution in [3.05, 3.63) is 84.0 Å². The number of carbonyl (C=O) groups is 2. The van der Waals surface area contributed by atoms with Crippen molar-refractivity contribution in [1.29, 1.82) is 0 Å². The molecule has 0 amide bonds. The van der Waals surface area contributed by atoms with E-state index in [1.165, 1.54) is 14.2 Å². The van der Waals surface area contributed by atoms with Gasteiger partial charge < -0.3 is 18.9 Å². The number of hydrogen-bond acceptors (Lipinski definition) is 6. The van der Waals surface area contributed by atoms with Crippen LogP contribution in [0.25, 0.3) is 6.08 Å². The normalized spacial score (nSPS) is 18.0. The Kier molecular flexibility index (Phi) is 7.84. The molecule has 0 aromatic heterocycles. The van der Waals surface area contributed by atoms with E-state index in [1.54, 1.807) is 19.3 Å². The quantitative estimate of drug-likeness (QED) is 0.236. The number of allylic oxidation sites excluding steroid dienone is 2. The van der Waals surface area contributed by atoms with E-state index in [4.69, 9.17) is 18.9 Å². The number of rotatable bonds is 10. The minimum Gasteiger partial charge on any atom is -0.497 e. The van der Waals surface area contributed by atoms with Crippen molar-refractivity contribution in [2.24, 2.45) is 5.41 Å². The molecule has 0 spiro atoms. The first-order valence-electron chi connectivity index (χ1n) is 10.4. The number of benzene rings is 2. The van der Waals surface area contributed by atoms with E-state index in [0.717, 1.165) is 16.9 Å². The molecular formula is C26H28O6. The molecule has 0 aliphatic carbocycles. The van der Waals surface area contributed by atoms with Gasteiger partial charge in [0.1, 0.15) is 18.0 Å². The highest BCUT2D eigenvalue weighted by Gasteiger charge is 2.47. The number of methoxy groups -OCH3 is 3. The van der Waals surface area contributed by atoms with E-state index in [1.807, 2.05) is 66.7 Å². The van der Waals surface area contributed by atoms with Crippen LogP contribution >= 0.6 is 0 Å². The summed E-state index contributed by atoms with van der Waals surface area (Å²) >= 11 is 0. The Hall–Kier alpha value is -3.38. The van der Waals surface area contributed by atoms with Gasteiger partial charge in [-0.3, -0.25) is 9.59 Å². The largest absolute Gasteiger partial charge is 0.497 e. The van der Waals surface area contributed by atoms with Crippen molar-refractivity contribution in [2.75, 3.05) is 21.3 Å². The van der Waals surface area contributed by atoms with Crippen LogP contribution in [0.1, 0.15) is 30.1 Å². The smallest absolute Gasteiger partial charge is 0.323 e. The molecule has 6 nitrogen and oxygen atoms in total. The van der Waals surface area contributed by atoms with E-state index in [0.29, 0.717) is 0 Å². The number of hydrogen-bond donors (Lipinski definition) is 0. The third-order valence-electron chi connectivity index (χ3n) is 5.49. The van der Waals surface area contributed by atoms with Gasteiger partial charge in [0.15, 0.2) is 5.41 Å². The van der Waals surface area contributed by atoms with Crippen LogP contribution in [0.4, 0.5) is 0 Å². The van der Waals surface area contributed by atoms with Crippen LogP contribution in [0.5, 0.6) is 5.75 Å². The first-order chi connectivity index (χ1) is 15.5. The lowest BCUT2D eigenvalue weighted by atomic mass is 9.80. The fraction of sp³-hybridized carbons (Fsp3) is 0.308. The topological polar surface area (TPSA) is 74.4 Å². The van der Waals surface area contributed by atoms with Crippen LogP contribution in [-0.2, 0) is 23.8 Å². The van der Waals surface area contributed by atoms with Crippen molar-refractivity contribution < 1.29 is 28.5 Å². The van der Waals surface area contributed by atoms with Gasteiger partial charge in [-0.05, 0) is 36.1 Å². The fourth-order valence-corrected chi connectivity index (χ4v) is 3.59. The Labute approximate surface area is 188 Å². The van der Waals surface area contributed by atoms with Crippen LogP contribution in [0.3, 0.4) is 0 Å². The highest BCUT2D eigenvalue weighted by Crippen LogP contribution is 2.40. The molecule has 168 valence electrons. The molecule has 32 heavy (non-hydrogen) atoms. The molecule has 0 bridgehead atoms. The molecule has 0 unspecified atom stereocenters. The lowest BCUT2D eigenvalue weighted by Crippen LogP contribution is -2.40. The molecule has 2 atom stereocenters. The molecule has 1 saturated heterocycles. The summed E-state index contributed by atoms with van der Waals surface area (Å²) in [6, 6.07) is 17.4. The summed E-state index contributed by atoms with van der Waals surface area (Å²) in [6.07, 6.45) is 7.49. The molecule has 3 rings (SSSR count). The maximum absolute atomic E-state index is 12.7. The Morgan fingerprint density at radius 3 is 2.12 bits per heavy atom. The molecule has 2 aromatic rings. The molecule has 0 N–H and O–H groups in total. The van der Waals surface area contributed by atoms with Gasteiger partial charge in [-0.1, -0.05) is 66.8 Å². The van der Waals surface area contributed by atoms with Crippen molar-refractivity contribution >= 4 is 18.0 Å². The number of esters is 2. The summed E-state index contributed by atoms with van der Waals surface area (Å²) in [5.41, 5.74) is 0.541. The first-order valence-corrected chi connectivity index (χ1v) is 10.4. The van der Waals surface area contributed by atoms with Gasteiger partial charge in [-0.25, -0.2) is 0 Å². The van der Waals surface area contributed by atoms with Crippen molar-refractivity contribution in [1.82, 2.24) is 0 Å². The minimum atomic E-state index is -1.47. The van der Waals surface area contributed by atoms with Crippen molar-refractivity contribution in [2.45, 2.75) is 25.0 Å². The second kappa shape index (κ2) is 10.8. The number of ether oxygens (including phenoxy) is 4. The maximum Gasteiger partial charge on any atom is 0.323 e. The van der Waals surface area contributed by atoms with Crippen molar-refractivity contribution in [3.8, 4) is 5.75 Å². The summed E-state index contributed by atoms with van der Waals surface area (Å²) in [5.74, 6) is -0.517. The van der Waals surface area contributed by atoms with Crippen molar-refractivity contribution in [3.63, 3.8) is 0 Å². The predicted octanol–water partition coefficient (Wildman–Crippen LogP) is 4.52. The van der Waals surface area contributed by atoms with Gasteiger partial charge in [0.05, 0.1) is 21.3 Å². The highest BCUT2D eigenvalue weighted by atomic mass is 16.6. The average Bonchev–Trinajstić information content (AvgIpc) is 3.62. The van der Waals surface area contributed by atoms with E-state index < -0.39 is 17.4 Å². The summed E-state index contributed by atoms with van der Waals surface area (Å²) in [7, 11) is 4.15. The zero-order chi connectivity index (χ0) is 23.0. The van der Waals surface area contributed by atoms with Gasteiger partial charge in [0, 0.05) is 0 Å². The lowest BCUT2D eigenvalue weighted by molar-refractivity contribution is -0.168. The van der Waals surface area contributed by atoms with Crippen LogP contribution in [-0.4, -0.2) is 39.4 Å². The van der Waals surface area contributed by atoms with E-state index >= 15 is 0 Å². The summed E-state index contributed by atoms with van der Waals surface area (Å²) in [5, 5.41) is 0. The molecule has 2 aromatic carbocycles. The van der Waals surface area contributed by atoms with Crippen LogP contribution in [0.2, 0.25) is 0 Å². The van der Waals surface area contributed by atoms with Gasteiger partial charge in [-0.15, -0.1) is 0 Å². The van der Waals surface area contributed by atoms with E-state index in [2.05, 4.69) is 0 Å². The lowest BCUT2D eigenvalue weighted by Gasteiger charge is -2.25. The highest BCUT2D eigenvalue weighted by molar-refractivity contribution is 6.00. The Morgan fingerprint density at radius 1 is 0.906 bits per heavy atom. The molecule has 0 radical (unpaired) electrons. The molecular weight excluding hydrogens is 408 g/mol. The van der Waals surface area contributed by atoms with E-state index in [9.17, 15) is 9.59 Å². The Morgan fingerprint density at radius 2 is 1.53 bits per heavy atom. The Balaban J connectivity index is 1.72. The average molecular weight is 437 g/mol. The summed E-state index contributed by atoms with van der Waals surface area (Å²) in [6.45, 7) is 0. The van der Waals surface area contributed by atoms with Crippen LogP contribution in [0, 0.1) is 5.41 Å². The molecule has 1 aliphatic rings. The molecule has 0 saturated carbocycles. The second-order valence-corrected chi connectivity index (χ2v) is 7.51. The Bertz CT molecular complexity index is 946. The zero-order valence-electron chi connectivity index (χ0n) is 18.5. The third kappa shape index (κ3) is 5.45. The van der Waals surface area contributed by atoms with E-state index in [-0.39, 0.29) is 25.0 Å². The zero-order valence-corrected chi connectivity index (χ0v) is 18.5. The predicted molar refractivity (Wildman–Crippen MR) is 121 cm³/mol.